The summed E-state index contributed by atoms with van der Waals surface area (Å²) in [5.74, 6) is 0.729. The summed E-state index contributed by atoms with van der Waals surface area (Å²) in [6.45, 7) is 1.96. The molecule has 2 aromatic rings. The molecule has 1 aliphatic rings. The van der Waals surface area contributed by atoms with Gasteiger partial charge in [0.15, 0.2) is 0 Å². The lowest BCUT2D eigenvalue weighted by Crippen LogP contribution is -2.36. The van der Waals surface area contributed by atoms with E-state index in [4.69, 9.17) is 4.74 Å². The standard InChI is InChI=1S/C18H20FNO.ClH/c19-18(9-11-20-12-10-18)16-7-4-8-17(13-16)21-14-15-5-2-1-3-6-15;/h1-8,13,20H,9-12,14H2;1H. The molecule has 2 aromatic carbocycles. The summed E-state index contributed by atoms with van der Waals surface area (Å²) in [6.07, 6.45) is 1.05. The second kappa shape index (κ2) is 7.61. The van der Waals surface area contributed by atoms with E-state index in [2.05, 4.69) is 5.32 Å². The molecule has 0 aromatic heterocycles. The maximum atomic E-state index is 15.0. The number of hydrogen-bond donors (Lipinski definition) is 1. The topological polar surface area (TPSA) is 21.3 Å². The van der Waals surface area contributed by atoms with Crippen LogP contribution in [0.15, 0.2) is 54.6 Å². The monoisotopic (exact) mass is 321 g/mol. The Morgan fingerprint density at radius 1 is 1.00 bits per heavy atom. The molecule has 0 saturated carbocycles. The van der Waals surface area contributed by atoms with Crippen molar-refractivity contribution in [3.8, 4) is 5.75 Å². The molecule has 1 fully saturated rings. The highest BCUT2D eigenvalue weighted by Crippen LogP contribution is 2.36. The first-order valence-electron chi connectivity index (χ1n) is 7.43. The second-order valence-corrected chi connectivity index (χ2v) is 5.52. The molecule has 3 rings (SSSR count). The fourth-order valence-corrected chi connectivity index (χ4v) is 2.72. The van der Waals surface area contributed by atoms with Gasteiger partial charge in [-0.05, 0) is 49.2 Å². The van der Waals surface area contributed by atoms with Crippen LogP contribution < -0.4 is 10.1 Å². The van der Waals surface area contributed by atoms with Crippen LogP contribution in [0.2, 0.25) is 0 Å². The lowest BCUT2D eigenvalue weighted by atomic mass is 9.87. The summed E-state index contributed by atoms with van der Waals surface area (Å²) in [6, 6.07) is 17.5. The summed E-state index contributed by atoms with van der Waals surface area (Å²) < 4.78 is 20.7. The normalized spacial score (nSPS) is 16.6. The summed E-state index contributed by atoms with van der Waals surface area (Å²) in [5.41, 5.74) is 0.617. The Balaban J connectivity index is 0.00000176. The van der Waals surface area contributed by atoms with Gasteiger partial charge in [0.2, 0.25) is 0 Å². The molecule has 118 valence electrons. The first-order valence-corrected chi connectivity index (χ1v) is 7.43. The Morgan fingerprint density at radius 2 is 1.73 bits per heavy atom. The largest absolute Gasteiger partial charge is 0.489 e. The molecular formula is C18H21ClFNO. The van der Waals surface area contributed by atoms with Crippen molar-refractivity contribution < 1.29 is 9.13 Å². The van der Waals surface area contributed by atoms with Gasteiger partial charge < -0.3 is 10.1 Å². The van der Waals surface area contributed by atoms with Crippen molar-refractivity contribution in [1.82, 2.24) is 5.32 Å². The molecule has 0 bridgehead atoms. The van der Waals surface area contributed by atoms with E-state index in [1.54, 1.807) is 0 Å². The molecule has 1 aliphatic heterocycles. The highest BCUT2D eigenvalue weighted by atomic mass is 35.5. The van der Waals surface area contributed by atoms with E-state index in [-0.39, 0.29) is 12.4 Å². The van der Waals surface area contributed by atoms with Crippen molar-refractivity contribution >= 4 is 12.4 Å². The van der Waals surface area contributed by atoms with Crippen molar-refractivity contribution in [2.45, 2.75) is 25.1 Å². The van der Waals surface area contributed by atoms with Crippen LogP contribution in [0.5, 0.6) is 5.75 Å². The highest BCUT2D eigenvalue weighted by Gasteiger charge is 2.33. The van der Waals surface area contributed by atoms with E-state index >= 15 is 0 Å². The van der Waals surface area contributed by atoms with Crippen LogP contribution in [-0.2, 0) is 12.3 Å². The van der Waals surface area contributed by atoms with Crippen molar-refractivity contribution in [3.63, 3.8) is 0 Å². The van der Waals surface area contributed by atoms with Gasteiger partial charge in [0.25, 0.3) is 0 Å². The second-order valence-electron chi connectivity index (χ2n) is 5.52. The van der Waals surface area contributed by atoms with Gasteiger partial charge in [-0.2, -0.15) is 0 Å². The number of halogens is 2. The number of benzene rings is 2. The molecule has 0 unspecified atom stereocenters. The van der Waals surface area contributed by atoms with Gasteiger partial charge in [0, 0.05) is 0 Å². The van der Waals surface area contributed by atoms with E-state index in [9.17, 15) is 4.39 Å². The Kier molecular flexibility index (Phi) is 5.81. The number of ether oxygens (including phenoxy) is 1. The Morgan fingerprint density at radius 3 is 2.45 bits per heavy atom. The molecule has 0 spiro atoms. The maximum Gasteiger partial charge on any atom is 0.138 e. The van der Waals surface area contributed by atoms with Gasteiger partial charge in [0.1, 0.15) is 18.0 Å². The minimum absolute atomic E-state index is 0. The maximum absolute atomic E-state index is 15.0. The molecule has 0 radical (unpaired) electrons. The van der Waals surface area contributed by atoms with Crippen molar-refractivity contribution in [1.29, 1.82) is 0 Å². The third-order valence-corrected chi connectivity index (χ3v) is 4.00. The summed E-state index contributed by atoms with van der Waals surface area (Å²) in [5, 5.41) is 3.20. The SMILES string of the molecule is Cl.FC1(c2cccc(OCc3ccccc3)c2)CCNCC1. The Bertz CT molecular complexity index is 585. The predicted molar refractivity (Wildman–Crippen MR) is 89.4 cm³/mol. The molecule has 0 atom stereocenters. The summed E-state index contributed by atoms with van der Waals surface area (Å²) in [4.78, 5) is 0. The zero-order chi connectivity index (χ0) is 14.5. The van der Waals surface area contributed by atoms with E-state index in [0.29, 0.717) is 19.4 Å². The van der Waals surface area contributed by atoms with Crippen molar-refractivity contribution in [3.05, 3.63) is 65.7 Å². The fraction of sp³-hybridized carbons (Fsp3) is 0.333. The number of rotatable bonds is 4. The van der Waals surface area contributed by atoms with Crippen LogP contribution in [0.4, 0.5) is 4.39 Å². The first kappa shape index (κ1) is 16.8. The third kappa shape index (κ3) is 3.99. The zero-order valence-corrected chi connectivity index (χ0v) is 13.2. The summed E-state index contributed by atoms with van der Waals surface area (Å²) >= 11 is 0. The quantitative estimate of drug-likeness (QED) is 0.909. The molecule has 0 amide bonds. The number of hydrogen-bond acceptors (Lipinski definition) is 2. The number of alkyl halides is 1. The predicted octanol–water partition coefficient (Wildman–Crippen LogP) is 4.24. The van der Waals surface area contributed by atoms with Crippen molar-refractivity contribution in [2.24, 2.45) is 0 Å². The first-order chi connectivity index (χ1) is 10.3. The third-order valence-electron chi connectivity index (χ3n) is 4.00. The van der Waals surface area contributed by atoms with Gasteiger partial charge in [-0.25, -0.2) is 4.39 Å². The van der Waals surface area contributed by atoms with Gasteiger partial charge in [-0.1, -0.05) is 42.5 Å². The molecule has 1 saturated heterocycles. The lowest BCUT2D eigenvalue weighted by Gasteiger charge is -2.30. The van der Waals surface area contributed by atoms with Crippen LogP contribution in [0.3, 0.4) is 0 Å². The Hall–Kier alpha value is -1.58. The smallest absolute Gasteiger partial charge is 0.138 e. The molecular weight excluding hydrogens is 301 g/mol. The molecule has 2 nitrogen and oxygen atoms in total. The fourth-order valence-electron chi connectivity index (χ4n) is 2.72. The highest BCUT2D eigenvalue weighted by molar-refractivity contribution is 5.85. The van der Waals surface area contributed by atoms with E-state index in [1.807, 2.05) is 54.6 Å². The van der Waals surface area contributed by atoms with Crippen LogP contribution in [-0.4, -0.2) is 13.1 Å². The number of piperidine rings is 1. The van der Waals surface area contributed by atoms with Gasteiger partial charge in [-0.15, -0.1) is 12.4 Å². The van der Waals surface area contributed by atoms with E-state index in [0.717, 1.165) is 30.0 Å². The van der Waals surface area contributed by atoms with Gasteiger partial charge in [-0.3, -0.25) is 0 Å². The van der Waals surface area contributed by atoms with Crippen LogP contribution in [0.1, 0.15) is 24.0 Å². The van der Waals surface area contributed by atoms with Gasteiger partial charge >= 0.3 is 0 Å². The molecule has 4 heteroatoms. The number of nitrogens with one attached hydrogen (secondary N) is 1. The molecule has 22 heavy (non-hydrogen) atoms. The average Bonchev–Trinajstić information content (AvgIpc) is 2.55. The average molecular weight is 322 g/mol. The van der Waals surface area contributed by atoms with Crippen molar-refractivity contribution in [2.75, 3.05) is 13.1 Å². The minimum Gasteiger partial charge on any atom is -0.489 e. The van der Waals surface area contributed by atoms with Gasteiger partial charge in [0.05, 0.1) is 0 Å². The summed E-state index contributed by atoms with van der Waals surface area (Å²) in [7, 11) is 0. The van der Waals surface area contributed by atoms with Crippen LogP contribution in [0, 0.1) is 0 Å². The zero-order valence-electron chi connectivity index (χ0n) is 12.4. The molecule has 1 heterocycles. The van der Waals surface area contributed by atoms with E-state index < -0.39 is 5.67 Å². The Labute approximate surface area is 137 Å². The van der Waals surface area contributed by atoms with Crippen LogP contribution >= 0.6 is 12.4 Å². The lowest BCUT2D eigenvalue weighted by molar-refractivity contribution is 0.115. The van der Waals surface area contributed by atoms with Crippen LogP contribution in [0.25, 0.3) is 0 Å². The molecule has 1 N–H and O–H groups in total. The minimum atomic E-state index is -1.22. The van der Waals surface area contributed by atoms with E-state index in [1.165, 1.54) is 0 Å². The molecule has 0 aliphatic carbocycles.